The van der Waals surface area contributed by atoms with Crippen LogP contribution in [0.3, 0.4) is 0 Å². The summed E-state index contributed by atoms with van der Waals surface area (Å²) in [6.07, 6.45) is 1.67. The summed E-state index contributed by atoms with van der Waals surface area (Å²) in [4.78, 5) is 25.1. The Labute approximate surface area is 166 Å². The van der Waals surface area contributed by atoms with Crippen LogP contribution in [-0.2, 0) is 16.2 Å². The highest BCUT2D eigenvalue weighted by Gasteiger charge is 2.35. The Balaban J connectivity index is 1.82. The molecule has 1 heterocycles. The molecule has 1 amide bonds. The minimum atomic E-state index is -1.35. The fourth-order valence-corrected chi connectivity index (χ4v) is 3.94. The second kappa shape index (κ2) is 8.37. The number of carbonyl (C=O) groups excluding carboxylic acids is 2. The number of carboxylic acid groups (broad SMARTS) is 1. The summed E-state index contributed by atoms with van der Waals surface area (Å²) in [7, 11) is 0. The fraction of sp³-hybridized carbons (Fsp3) is 0.150. The molecule has 0 bridgehead atoms. The van der Waals surface area contributed by atoms with Crippen LogP contribution < -0.4 is 9.84 Å². The Morgan fingerprint density at radius 1 is 1.22 bits per heavy atom. The molecule has 1 aliphatic heterocycles. The lowest BCUT2D eigenvalue weighted by Gasteiger charge is -2.23. The molecule has 7 heteroatoms. The number of hydrogen-bond acceptors (Lipinski definition) is 6. The van der Waals surface area contributed by atoms with Crippen molar-refractivity contribution in [3.05, 3.63) is 70.6 Å². The fourth-order valence-electron chi connectivity index (χ4n) is 2.53. The van der Waals surface area contributed by atoms with Gasteiger partial charge in [-0.15, -0.1) is 0 Å². The zero-order valence-electron chi connectivity index (χ0n) is 14.5. The third-order valence-electron chi connectivity index (χ3n) is 3.99. The molecule has 27 heavy (non-hydrogen) atoms. The number of ether oxygens (including phenoxy) is 1. The van der Waals surface area contributed by atoms with Crippen molar-refractivity contribution < 1.29 is 19.4 Å². The second-order valence-electron chi connectivity index (χ2n) is 5.86. The molecule has 1 fully saturated rings. The molecule has 0 spiro atoms. The standard InChI is InChI=1S/C20H17NO4S2/c1-13(19(23)24)21-18(22)17(27-20(21)26)11-15-9-5-6-10-16(15)25-12-14-7-3-2-4-8-14/h2-11,13H,12H2,1H3,(H,23,24)/p-1/b17-11-/t13-/m0/s1. The predicted molar refractivity (Wildman–Crippen MR) is 107 cm³/mol. The van der Waals surface area contributed by atoms with E-state index in [0.29, 0.717) is 17.3 Å². The Bertz CT molecular complexity index is 911. The molecule has 0 aromatic heterocycles. The van der Waals surface area contributed by atoms with Crippen molar-refractivity contribution in [2.24, 2.45) is 0 Å². The van der Waals surface area contributed by atoms with Gasteiger partial charge >= 0.3 is 0 Å². The van der Waals surface area contributed by atoms with Crippen molar-refractivity contribution in [1.82, 2.24) is 4.90 Å². The van der Waals surface area contributed by atoms with Crippen LogP contribution in [0.1, 0.15) is 18.1 Å². The van der Waals surface area contributed by atoms with Gasteiger partial charge in [0.1, 0.15) is 16.7 Å². The van der Waals surface area contributed by atoms with Gasteiger partial charge in [-0.2, -0.15) is 0 Å². The summed E-state index contributed by atoms with van der Waals surface area (Å²) in [6, 6.07) is 16.0. The van der Waals surface area contributed by atoms with E-state index in [1.165, 1.54) is 6.92 Å². The predicted octanol–water partition coefficient (Wildman–Crippen LogP) is 2.61. The average molecular weight is 398 g/mol. The molecule has 1 aliphatic rings. The van der Waals surface area contributed by atoms with Crippen molar-refractivity contribution in [3.63, 3.8) is 0 Å². The van der Waals surface area contributed by atoms with Gasteiger partial charge in [0.05, 0.1) is 16.9 Å². The topological polar surface area (TPSA) is 69.7 Å². The van der Waals surface area contributed by atoms with Gasteiger partial charge in [0.25, 0.3) is 5.91 Å². The zero-order chi connectivity index (χ0) is 19.4. The molecule has 138 valence electrons. The molecule has 3 rings (SSSR count). The number of carbonyl (C=O) groups is 2. The van der Waals surface area contributed by atoms with E-state index in [0.717, 1.165) is 27.8 Å². The lowest BCUT2D eigenvalue weighted by atomic mass is 10.1. The van der Waals surface area contributed by atoms with E-state index in [-0.39, 0.29) is 4.32 Å². The quantitative estimate of drug-likeness (QED) is 0.550. The molecule has 0 unspecified atom stereocenters. The van der Waals surface area contributed by atoms with E-state index in [2.05, 4.69) is 0 Å². The SMILES string of the molecule is C[C@@H](C(=O)[O-])N1C(=O)/C(=C/c2ccccc2OCc2ccccc2)SC1=S. The summed E-state index contributed by atoms with van der Waals surface area (Å²) in [6.45, 7) is 1.77. The monoisotopic (exact) mass is 398 g/mol. The normalized spacial score (nSPS) is 16.6. The molecule has 5 nitrogen and oxygen atoms in total. The van der Waals surface area contributed by atoms with Crippen LogP contribution in [-0.4, -0.2) is 27.1 Å². The highest BCUT2D eigenvalue weighted by atomic mass is 32.2. The number of nitrogens with zero attached hydrogens (tertiary/aromatic N) is 1. The van der Waals surface area contributed by atoms with Crippen LogP contribution in [0.2, 0.25) is 0 Å². The highest BCUT2D eigenvalue weighted by Crippen LogP contribution is 2.35. The van der Waals surface area contributed by atoms with Gasteiger partial charge in [-0.25, -0.2) is 0 Å². The van der Waals surface area contributed by atoms with E-state index < -0.39 is 17.9 Å². The number of carboxylic acids is 1. The number of aliphatic carboxylic acids is 1. The van der Waals surface area contributed by atoms with Gasteiger partial charge in [0, 0.05) is 5.56 Å². The number of para-hydroxylation sites is 1. The second-order valence-corrected chi connectivity index (χ2v) is 7.53. The summed E-state index contributed by atoms with van der Waals surface area (Å²) < 4.78 is 6.09. The highest BCUT2D eigenvalue weighted by molar-refractivity contribution is 8.26. The zero-order valence-corrected chi connectivity index (χ0v) is 16.1. The third-order valence-corrected chi connectivity index (χ3v) is 5.33. The largest absolute Gasteiger partial charge is 0.548 e. The maximum atomic E-state index is 12.6. The van der Waals surface area contributed by atoms with Crippen LogP contribution in [0.5, 0.6) is 5.75 Å². The van der Waals surface area contributed by atoms with E-state index in [4.69, 9.17) is 17.0 Å². The van der Waals surface area contributed by atoms with Gasteiger partial charge in [-0.1, -0.05) is 72.5 Å². The maximum Gasteiger partial charge on any atom is 0.266 e. The first kappa shape index (κ1) is 19.1. The molecular weight excluding hydrogens is 382 g/mol. The van der Waals surface area contributed by atoms with Crippen molar-refractivity contribution >= 4 is 46.3 Å². The Hall–Kier alpha value is -2.64. The van der Waals surface area contributed by atoms with E-state index in [9.17, 15) is 14.7 Å². The molecule has 0 N–H and O–H groups in total. The lowest BCUT2D eigenvalue weighted by Crippen LogP contribution is -2.48. The van der Waals surface area contributed by atoms with Gasteiger partial charge in [-0.05, 0) is 24.6 Å². The molecular formula is C20H16NO4S2-. The smallest absolute Gasteiger partial charge is 0.266 e. The van der Waals surface area contributed by atoms with E-state index in [1.807, 2.05) is 54.6 Å². The summed E-state index contributed by atoms with van der Waals surface area (Å²) in [5.41, 5.74) is 1.75. The first-order chi connectivity index (χ1) is 13.0. The van der Waals surface area contributed by atoms with Gasteiger partial charge in [0.15, 0.2) is 0 Å². The number of hydrogen-bond donors (Lipinski definition) is 0. The molecule has 2 aromatic rings. The molecule has 1 saturated heterocycles. The number of thiocarbonyl (C=S) groups is 1. The Kier molecular flexibility index (Phi) is 5.93. The first-order valence-electron chi connectivity index (χ1n) is 8.21. The summed E-state index contributed by atoms with van der Waals surface area (Å²) in [5, 5.41) is 11.1. The van der Waals surface area contributed by atoms with Gasteiger partial charge in [0.2, 0.25) is 0 Å². The number of rotatable bonds is 6. The van der Waals surface area contributed by atoms with Gasteiger partial charge < -0.3 is 14.6 Å². The molecule has 0 saturated carbocycles. The number of amides is 1. The van der Waals surface area contributed by atoms with Crippen LogP contribution >= 0.6 is 24.0 Å². The molecule has 0 radical (unpaired) electrons. The summed E-state index contributed by atoms with van der Waals surface area (Å²) >= 11 is 6.23. The molecule has 1 atom stereocenters. The van der Waals surface area contributed by atoms with Crippen molar-refractivity contribution in [2.75, 3.05) is 0 Å². The minimum Gasteiger partial charge on any atom is -0.548 e. The van der Waals surface area contributed by atoms with Gasteiger partial charge in [-0.3, -0.25) is 9.69 Å². The molecule has 2 aromatic carbocycles. The Morgan fingerprint density at radius 2 is 1.89 bits per heavy atom. The number of benzene rings is 2. The van der Waals surface area contributed by atoms with Crippen LogP contribution in [0.4, 0.5) is 0 Å². The summed E-state index contributed by atoms with van der Waals surface area (Å²) in [5.74, 6) is -1.17. The van der Waals surface area contributed by atoms with Crippen molar-refractivity contribution in [3.8, 4) is 5.75 Å². The Morgan fingerprint density at radius 3 is 2.59 bits per heavy atom. The maximum absolute atomic E-state index is 12.6. The van der Waals surface area contributed by atoms with E-state index in [1.54, 1.807) is 6.08 Å². The molecule has 0 aliphatic carbocycles. The lowest BCUT2D eigenvalue weighted by molar-refractivity contribution is -0.309. The average Bonchev–Trinajstić information content (AvgIpc) is 2.94. The number of thioether (sulfide) groups is 1. The third kappa shape index (κ3) is 4.37. The first-order valence-corrected chi connectivity index (χ1v) is 9.43. The van der Waals surface area contributed by atoms with Crippen molar-refractivity contribution in [2.45, 2.75) is 19.6 Å². The van der Waals surface area contributed by atoms with Crippen LogP contribution in [0.25, 0.3) is 6.08 Å². The van der Waals surface area contributed by atoms with Crippen molar-refractivity contribution in [1.29, 1.82) is 0 Å². The van der Waals surface area contributed by atoms with E-state index >= 15 is 0 Å². The minimum absolute atomic E-state index is 0.200. The van der Waals surface area contributed by atoms with Crippen LogP contribution in [0.15, 0.2) is 59.5 Å². The van der Waals surface area contributed by atoms with Crippen LogP contribution in [0, 0.1) is 0 Å².